The smallest absolute Gasteiger partial charge is 0.251 e. The van der Waals surface area contributed by atoms with E-state index in [9.17, 15) is 9.18 Å². The number of benzene rings is 1. The highest BCUT2D eigenvalue weighted by Crippen LogP contribution is 2.18. The van der Waals surface area contributed by atoms with Gasteiger partial charge in [-0.05, 0) is 50.5 Å². The zero-order chi connectivity index (χ0) is 19.6. The second-order valence-corrected chi connectivity index (χ2v) is 7.07. The van der Waals surface area contributed by atoms with E-state index in [4.69, 9.17) is 4.52 Å². The molecule has 2 heterocycles. The Kier molecular flexibility index (Phi) is 5.39. The minimum Gasteiger partial charge on any atom is -0.359 e. The highest BCUT2D eigenvalue weighted by atomic mass is 19.1. The van der Waals surface area contributed by atoms with Gasteiger partial charge in [0.1, 0.15) is 11.5 Å². The molecule has 1 amide bonds. The molecule has 7 heteroatoms. The van der Waals surface area contributed by atoms with Crippen molar-refractivity contribution in [1.82, 2.24) is 20.3 Å². The molecule has 1 aromatic carbocycles. The molecule has 3 rings (SSSR count). The van der Waals surface area contributed by atoms with Crippen LogP contribution in [0.4, 0.5) is 4.39 Å². The van der Waals surface area contributed by atoms with Gasteiger partial charge < -0.3 is 9.84 Å². The van der Waals surface area contributed by atoms with Crippen LogP contribution in [0.5, 0.6) is 0 Å². The second-order valence-electron chi connectivity index (χ2n) is 7.07. The number of carbonyl (C=O) groups excluding carboxylic acids is 1. The minimum absolute atomic E-state index is 0.219. The monoisotopic (exact) mass is 370 g/mol. The summed E-state index contributed by atoms with van der Waals surface area (Å²) in [5.41, 5.74) is 3.03. The van der Waals surface area contributed by atoms with E-state index in [1.54, 1.807) is 0 Å². The first-order valence-corrected chi connectivity index (χ1v) is 8.89. The fourth-order valence-corrected chi connectivity index (χ4v) is 2.91. The maximum atomic E-state index is 14.2. The SMILES string of the molecule is Cc1cc(C)n(-c2cc(C(=O)NCc3cc(CC(C)C)no3)ccc2F)n1. The average Bonchev–Trinajstić information content (AvgIpc) is 3.18. The van der Waals surface area contributed by atoms with E-state index in [0.29, 0.717) is 17.2 Å². The van der Waals surface area contributed by atoms with Crippen LogP contribution >= 0.6 is 0 Å². The molecule has 27 heavy (non-hydrogen) atoms. The first kappa shape index (κ1) is 18.8. The Morgan fingerprint density at radius 1 is 1.26 bits per heavy atom. The van der Waals surface area contributed by atoms with Crippen molar-refractivity contribution < 1.29 is 13.7 Å². The first-order chi connectivity index (χ1) is 12.8. The van der Waals surface area contributed by atoms with Gasteiger partial charge in [-0.3, -0.25) is 4.79 Å². The maximum absolute atomic E-state index is 14.2. The number of nitrogens with one attached hydrogen (secondary N) is 1. The Bertz CT molecular complexity index is 959. The Morgan fingerprint density at radius 3 is 2.70 bits per heavy atom. The molecule has 0 aliphatic rings. The van der Waals surface area contributed by atoms with Crippen molar-refractivity contribution in [2.45, 2.75) is 40.7 Å². The summed E-state index contributed by atoms with van der Waals surface area (Å²) >= 11 is 0. The normalized spacial score (nSPS) is 11.2. The quantitative estimate of drug-likeness (QED) is 0.717. The minimum atomic E-state index is -0.439. The standard InChI is InChI=1S/C20H23FN4O2/c1-12(2)7-16-10-17(27-24-16)11-22-20(26)15-5-6-18(21)19(9-15)25-14(4)8-13(3)23-25/h5-6,8-10,12H,7,11H2,1-4H3,(H,22,26). The predicted octanol–water partition coefficient (Wildman–Crippen LogP) is 3.74. The van der Waals surface area contributed by atoms with Gasteiger partial charge in [-0.1, -0.05) is 19.0 Å². The summed E-state index contributed by atoms with van der Waals surface area (Å²) in [5, 5.41) is 11.1. The van der Waals surface area contributed by atoms with Crippen molar-refractivity contribution in [2.24, 2.45) is 5.92 Å². The Labute approximate surface area is 157 Å². The number of halogens is 1. The first-order valence-electron chi connectivity index (χ1n) is 8.89. The summed E-state index contributed by atoms with van der Waals surface area (Å²) in [6, 6.07) is 7.91. The van der Waals surface area contributed by atoms with Gasteiger partial charge in [0.15, 0.2) is 5.76 Å². The summed E-state index contributed by atoms with van der Waals surface area (Å²) < 4.78 is 21.0. The second kappa shape index (κ2) is 7.73. The molecule has 0 saturated heterocycles. The van der Waals surface area contributed by atoms with Crippen LogP contribution in [0.25, 0.3) is 5.69 Å². The van der Waals surface area contributed by atoms with Crippen LogP contribution in [0.15, 0.2) is 34.9 Å². The van der Waals surface area contributed by atoms with Gasteiger partial charge in [-0.25, -0.2) is 9.07 Å². The van der Waals surface area contributed by atoms with Gasteiger partial charge in [-0.15, -0.1) is 0 Å². The molecule has 0 spiro atoms. The summed E-state index contributed by atoms with van der Waals surface area (Å²) in [7, 11) is 0. The summed E-state index contributed by atoms with van der Waals surface area (Å²) in [5.74, 6) is 0.301. The van der Waals surface area contributed by atoms with E-state index in [1.165, 1.54) is 22.9 Å². The number of carbonyl (C=O) groups is 1. The fraction of sp³-hybridized carbons (Fsp3) is 0.350. The third-order valence-corrected chi connectivity index (χ3v) is 4.09. The molecule has 0 aliphatic heterocycles. The van der Waals surface area contributed by atoms with Crippen LogP contribution in [-0.2, 0) is 13.0 Å². The molecule has 0 fully saturated rings. The summed E-state index contributed by atoms with van der Waals surface area (Å²) in [4.78, 5) is 12.5. The molecule has 0 unspecified atom stereocenters. The van der Waals surface area contributed by atoms with Crippen LogP contribution in [0.3, 0.4) is 0 Å². The molecule has 3 aromatic rings. The van der Waals surface area contributed by atoms with E-state index in [1.807, 2.05) is 26.0 Å². The van der Waals surface area contributed by atoms with Crippen molar-refractivity contribution in [3.05, 3.63) is 64.6 Å². The number of amides is 1. The average molecular weight is 370 g/mol. The van der Waals surface area contributed by atoms with Crippen LogP contribution in [0.1, 0.15) is 47.0 Å². The fourth-order valence-electron chi connectivity index (χ4n) is 2.91. The number of rotatable bonds is 6. The molecule has 0 saturated carbocycles. The Morgan fingerprint density at radius 2 is 2.04 bits per heavy atom. The van der Waals surface area contributed by atoms with Gasteiger partial charge in [0.05, 0.1) is 17.9 Å². The van der Waals surface area contributed by atoms with Crippen molar-refractivity contribution in [3.63, 3.8) is 0 Å². The van der Waals surface area contributed by atoms with Crippen LogP contribution < -0.4 is 5.32 Å². The molecule has 2 aromatic heterocycles. The Balaban J connectivity index is 1.73. The van der Waals surface area contributed by atoms with E-state index < -0.39 is 5.82 Å². The lowest BCUT2D eigenvalue weighted by atomic mass is 10.1. The lowest BCUT2D eigenvalue weighted by Gasteiger charge is -2.09. The van der Waals surface area contributed by atoms with Crippen LogP contribution in [0, 0.1) is 25.6 Å². The van der Waals surface area contributed by atoms with Crippen LogP contribution in [0.2, 0.25) is 0 Å². The zero-order valence-corrected chi connectivity index (χ0v) is 15.9. The van der Waals surface area contributed by atoms with Crippen molar-refractivity contribution in [3.8, 4) is 5.69 Å². The Hall–Kier alpha value is -2.96. The van der Waals surface area contributed by atoms with E-state index in [-0.39, 0.29) is 18.1 Å². The van der Waals surface area contributed by atoms with E-state index in [0.717, 1.165) is 23.5 Å². The number of hydrogen-bond donors (Lipinski definition) is 1. The van der Waals surface area contributed by atoms with E-state index >= 15 is 0 Å². The number of aromatic nitrogens is 3. The van der Waals surface area contributed by atoms with Gasteiger partial charge in [0, 0.05) is 17.3 Å². The molecule has 0 atom stereocenters. The molecular weight excluding hydrogens is 347 g/mol. The third-order valence-electron chi connectivity index (χ3n) is 4.09. The van der Waals surface area contributed by atoms with Gasteiger partial charge in [0.25, 0.3) is 5.91 Å². The maximum Gasteiger partial charge on any atom is 0.251 e. The lowest BCUT2D eigenvalue weighted by Crippen LogP contribution is -2.23. The highest BCUT2D eigenvalue weighted by molar-refractivity contribution is 5.94. The van der Waals surface area contributed by atoms with Crippen molar-refractivity contribution in [1.29, 1.82) is 0 Å². The zero-order valence-electron chi connectivity index (χ0n) is 15.9. The summed E-state index contributed by atoms with van der Waals surface area (Å²) in [6.45, 7) is 8.10. The topological polar surface area (TPSA) is 73.0 Å². The molecule has 1 N–H and O–H groups in total. The molecule has 0 aliphatic carbocycles. The molecule has 142 valence electrons. The molecule has 0 bridgehead atoms. The number of hydrogen-bond acceptors (Lipinski definition) is 4. The van der Waals surface area contributed by atoms with Crippen LogP contribution in [-0.4, -0.2) is 20.8 Å². The highest BCUT2D eigenvalue weighted by Gasteiger charge is 2.14. The lowest BCUT2D eigenvalue weighted by molar-refractivity contribution is 0.0947. The summed E-state index contributed by atoms with van der Waals surface area (Å²) in [6.07, 6.45) is 0.821. The number of aryl methyl sites for hydroxylation is 2. The van der Waals surface area contributed by atoms with Crippen molar-refractivity contribution >= 4 is 5.91 Å². The van der Waals surface area contributed by atoms with E-state index in [2.05, 4.69) is 29.4 Å². The third kappa shape index (κ3) is 4.42. The predicted molar refractivity (Wildman–Crippen MR) is 99.2 cm³/mol. The molecule has 0 radical (unpaired) electrons. The van der Waals surface area contributed by atoms with Gasteiger partial charge in [-0.2, -0.15) is 5.10 Å². The largest absolute Gasteiger partial charge is 0.359 e. The van der Waals surface area contributed by atoms with Gasteiger partial charge in [0.2, 0.25) is 0 Å². The molecular formula is C20H23FN4O2. The number of nitrogens with zero attached hydrogens (tertiary/aromatic N) is 3. The molecule has 6 nitrogen and oxygen atoms in total. The van der Waals surface area contributed by atoms with Gasteiger partial charge >= 0.3 is 0 Å². The van der Waals surface area contributed by atoms with Crippen molar-refractivity contribution in [2.75, 3.05) is 0 Å².